The number of aryl methyl sites for hydroxylation is 1. The second-order valence-electron chi connectivity index (χ2n) is 5.69. The number of aliphatic hydroxyl groups excluding tert-OH is 1. The Balaban J connectivity index is 1.71. The summed E-state index contributed by atoms with van der Waals surface area (Å²) < 4.78 is 11.1. The van der Waals surface area contributed by atoms with Gasteiger partial charge in [0.25, 0.3) is 0 Å². The molecular weight excluding hydrogens is 290 g/mol. The molecule has 1 atom stereocenters. The van der Waals surface area contributed by atoms with Crippen LogP contribution in [0.4, 0.5) is 0 Å². The maximum atomic E-state index is 10.5. The zero-order valence-electron chi connectivity index (χ0n) is 13.2. The van der Waals surface area contributed by atoms with Crippen molar-refractivity contribution < 1.29 is 13.9 Å². The van der Waals surface area contributed by atoms with Gasteiger partial charge in [-0.1, -0.05) is 30.3 Å². The number of aliphatic hydroxyl groups is 1. The molecule has 0 spiro atoms. The van der Waals surface area contributed by atoms with E-state index in [9.17, 15) is 5.11 Å². The fraction of sp³-hybridized carbons (Fsp3) is 0.263. The summed E-state index contributed by atoms with van der Waals surface area (Å²) in [7, 11) is 0. The summed E-state index contributed by atoms with van der Waals surface area (Å²) in [5.74, 6) is 2.64. The Hall–Kier alpha value is -2.30. The maximum absolute atomic E-state index is 10.5. The molecule has 0 amide bonds. The second kappa shape index (κ2) is 7.31. The van der Waals surface area contributed by atoms with Gasteiger partial charge in [-0.2, -0.15) is 0 Å². The van der Waals surface area contributed by atoms with Crippen LogP contribution in [-0.4, -0.2) is 16.6 Å². The number of nitrogens with zero attached hydrogens (tertiary/aromatic N) is 1. The Morgan fingerprint density at radius 3 is 2.39 bits per heavy atom. The predicted molar refractivity (Wildman–Crippen MR) is 87.7 cm³/mol. The summed E-state index contributed by atoms with van der Waals surface area (Å²) in [6, 6.07) is 17.4. The minimum absolute atomic E-state index is 0.504. The first-order chi connectivity index (χ1) is 11.2. The Kier molecular flexibility index (Phi) is 4.95. The standard InChI is InChI=1S/C19H21NO3/c1-15-9-10-18(23-15)13-20(12-17-8-5-11-22-17)14-19(21)16-6-3-2-4-7-16/h2-11,19,21H,12-14H2,1H3. The van der Waals surface area contributed by atoms with Gasteiger partial charge >= 0.3 is 0 Å². The van der Waals surface area contributed by atoms with Gasteiger partial charge in [-0.3, -0.25) is 4.90 Å². The summed E-state index contributed by atoms with van der Waals surface area (Å²) in [6.07, 6.45) is 1.11. The molecule has 0 saturated heterocycles. The van der Waals surface area contributed by atoms with Crippen molar-refractivity contribution in [3.05, 3.63) is 83.7 Å². The highest BCUT2D eigenvalue weighted by Gasteiger charge is 2.16. The third kappa shape index (κ3) is 4.34. The first kappa shape index (κ1) is 15.6. The number of hydrogen-bond acceptors (Lipinski definition) is 4. The van der Waals surface area contributed by atoms with Crippen LogP contribution in [0.1, 0.15) is 28.9 Å². The molecule has 2 heterocycles. The van der Waals surface area contributed by atoms with Crippen LogP contribution in [0.3, 0.4) is 0 Å². The molecule has 4 nitrogen and oxygen atoms in total. The molecule has 0 radical (unpaired) electrons. The van der Waals surface area contributed by atoms with E-state index in [1.807, 2.05) is 61.5 Å². The average molecular weight is 311 g/mol. The van der Waals surface area contributed by atoms with Gasteiger partial charge in [0.1, 0.15) is 17.3 Å². The Morgan fingerprint density at radius 2 is 1.74 bits per heavy atom. The minimum atomic E-state index is -0.553. The lowest BCUT2D eigenvalue weighted by molar-refractivity contribution is 0.0959. The molecule has 0 bridgehead atoms. The van der Waals surface area contributed by atoms with E-state index in [2.05, 4.69) is 4.90 Å². The van der Waals surface area contributed by atoms with E-state index in [1.54, 1.807) is 6.26 Å². The zero-order chi connectivity index (χ0) is 16.1. The van der Waals surface area contributed by atoms with Crippen molar-refractivity contribution in [3.8, 4) is 0 Å². The predicted octanol–water partition coefficient (Wildman–Crippen LogP) is 3.92. The van der Waals surface area contributed by atoms with E-state index in [-0.39, 0.29) is 0 Å². The van der Waals surface area contributed by atoms with Crippen molar-refractivity contribution in [1.29, 1.82) is 0 Å². The Bertz CT molecular complexity index is 703. The molecule has 0 fully saturated rings. The van der Waals surface area contributed by atoms with Crippen LogP contribution in [0.2, 0.25) is 0 Å². The molecule has 120 valence electrons. The van der Waals surface area contributed by atoms with Gasteiger partial charge in [0, 0.05) is 6.54 Å². The van der Waals surface area contributed by atoms with Crippen LogP contribution in [0.25, 0.3) is 0 Å². The summed E-state index contributed by atoms with van der Waals surface area (Å²) in [6.45, 7) is 3.68. The van der Waals surface area contributed by atoms with Crippen molar-refractivity contribution in [2.75, 3.05) is 6.54 Å². The van der Waals surface area contributed by atoms with E-state index >= 15 is 0 Å². The fourth-order valence-corrected chi connectivity index (χ4v) is 2.62. The molecule has 2 aromatic heterocycles. The monoisotopic (exact) mass is 311 g/mol. The molecule has 0 aliphatic rings. The van der Waals surface area contributed by atoms with Gasteiger partial charge in [-0.15, -0.1) is 0 Å². The topological polar surface area (TPSA) is 49.8 Å². The Morgan fingerprint density at radius 1 is 0.957 bits per heavy atom. The molecule has 0 saturated carbocycles. The first-order valence-electron chi connectivity index (χ1n) is 7.74. The second-order valence-corrected chi connectivity index (χ2v) is 5.69. The van der Waals surface area contributed by atoms with E-state index in [4.69, 9.17) is 8.83 Å². The number of rotatable bonds is 7. The van der Waals surface area contributed by atoms with Crippen molar-refractivity contribution in [1.82, 2.24) is 4.90 Å². The minimum Gasteiger partial charge on any atom is -0.468 e. The molecule has 0 aliphatic heterocycles. The summed E-state index contributed by atoms with van der Waals surface area (Å²) in [5, 5.41) is 10.5. The van der Waals surface area contributed by atoms with E-state index in [0.29, 0.717) is 19.6 Å². The fourth-order valence-electron chi connectivity index (χ4n) is 2.62. The third-order valence-corrected chi connectivity index (χ3v) is 3.75. The summed E-state index contributed by atoms with van der Waals surface area (Å²) in [4.78, 5) is 2.12. The third-order valence-electron chi connectivity index (χ3n) is 3.75. The molecule has 23 heavy (non-hydrogen) atoms. The normalized spacial score (nSPS) is 12.7. The lowest BCUT2D eigenvalue weighted by Crippen LogP contribution is -2.27. The molecular formula is C19H21NO3. The van der Waals surface area contributed by atoms with Crippen LogP contribution in [0.15, 0.2) is 69.7 Å². The van der Waals surface area contributed by atoms with E-state index in [1.165, 1.54) is 0 Å². The van der Waals surface area contributed by atoms with Gasteiger partial charge in [0.2, 0.25) is 0 Å². The molecule has 1 unspecified atom stereocenters. The number of benzene rings is 1. The van der Waals surface area contributed by atoms with Crippen molar-refractivity contribution in [2.45, 2.75) is 26.1 Å². The highest BCUT2D eigenvalue weighted by Crippen LogP contribution is 2.18. The van der Waals surface area contributed by atoms with Gasteiger partial charge in [0.15, 0.2) is 0 Å². The molecule has 1 aromatic carbocycles. The van der Waals surface area contributed by atoms with Gasteiger partial charge in [-0.25, -0.2) is 0 Å². The molecule has 0 aliphatic carbocycles. The van der Waals surface area contributed by atoms with Crippen LogP contribution in [-0.2, 0) is 13.1 Å². The lowest BCUT2D eigenvalue weighted by Gasteiger charge is -2.23. The molecule has 1 N–H and O–H groups in total. The van der Waals surface area contributed by atoms with E-state index < -0.39 is 6.10 Å². The number of furan rings is 2. The highest BCUT2D eigenvalue weighted by atomic mass is 16.3. The molecule has 3 aromatic rings. The first-order valence-corrected chi connectivity index (χ1v) is 7.74. The largest absolute Gasteiger partial charge is 0.468 e. The lowest BCUT2D eigenvalue weighted by atomic mass is 10.1. The van der Waals surface area contributed by atoms with Crippen molar-refractivity contribution >= 4 is 0 Å². The van der Waals surface area contributed by atoms with Gasteiger partial charge < -0.3 is 13.9 Å². The van der Waals surface area contributed by atoms with Crippen LogP contribution < -0.4 is 0 Å². The van der Waals surface area contributed by atoms with E-state index in [0.717, 1.165) is 22.8 Å². The smallest absolute Gasteiger partial charge is 0.118 e. The SMILES string of the molecule is Cc1ccc(CN(Cc2ccco2)CC(O)c2ccccc2)o1. The van der Waals surface area contributed by atoms with Crippen molar-refractivity contribution in [2.24, 2.45) is 0 Å². The summed E-state index contributed by atoms with van der Waals surface area (Å²) >= 11 is 0. The maximum Gasteiger partial charge on any atom is 0.118 e. The van der Waals surface area contributed by atoms with Crippen LogP contribution in [0, 0.1) is 6.92 Å². The Labute approximate surface area is 136 Å². The van der Waals surface area contributed by atoms with Gasteiger partial charge in [0.05, 0.1) is 25.5 Å². The quantitative estimate of drug-likeness (QED) is 0.718. The number of hydrogen-bond donors (Lipinski definition) is 1. The van der Waals surface area contributed by atoms with Gasteiger partial charge in [-0.05, 0) is 36.8 Å². The van der Waals surface area contributed by atoms with Crippen LogP contribution in [0.5, 0.6) is 0 Å². The highest BCUT2D eigenvalue weighted by molar-refractivity contribution is 5.17. The van der Waals surface area contributed by atoms with Crippen molar-refractivity contribution in [3.63, 3.8) is 0 Å². The summed E-state index contributed by atoms with van der Waals surface area (Å²) in [5.41, 5.74) is 0.910. The van der Waals surface area contributed by atoms with Crippen LogP contribution >= 0.6 is 0 Å². The zero-order valence-corrected chi connectivity index (χ0v) is 13.2. The molecule has 4 heteroatoms. The average Bonchev–Trinajstić information content (AvgIpc) is 3.20. The molecule has 3 rings (SSSR count).